The highest BCUT2D eigenvalue weighted by molar-refractivity contribution is 5.79. The lowest BCUT2D eigenvalue weighted by atomic mass is 10.1. The molecular weight excluding hydrogens is 354 g/mol. The normalized spacial score (nSPS) is 16.6. The third-order valence-corrected chi connectivity index (χ3v) is 5.16. The lowest BCUT2D eigenvalue weighted by molar-refractivity contribution is -0.128. The van der Waals surface area contributed by atoms with Crippen LogP contribution in [0.3, 0.4) is 0 Å². The molecule has 0 N–H and O–H groups in total. The van der Waals surface area contributed by atoms with Crippen molar-refractivity contribution in [3.63, 3.8) is 0 Å². The first-order valence-corrected chi connectivity index (χ1v) is 9.50. The molecule has 1 amide bonds. The van der Waals surface area contributed by atoms with E-state index in [1.165, 1.54) is 5.56 Å². The van der Waals surface area contributed by atoms with Crippen LogP contribution in [0.5, 0.6) is 5.75 Å². The fourth-order valence-electron chi connectivity index (χ4n) is 3.53. The number of ether oxygens (including phenoxy) is 1. The molecule has 1 aromatic heterocycles. The van der Waals surface area contributed by atoms with Gasteiger partial charge in [-0.3, -0.25) is 4.79 Å². The Morgan fingerprint density at radius 2 is 1.89 bits per heavy atom. The number of nitrogens with zero attached hydrogens (tertiary/aromatic N) is 3. The molecule has 2 heterocycles. The number of benzene rings is 2. The smallest absolute Gasteiger partial charge is 0.232 e. The Labute approximate surface area is 164 Å². The summed E-state index contributed by atoms with van der Waals surface area (Å²) in [6, 6.07) is 15.9. The Hall–Kier alpha value is -3.15. The lowest BCUT2D eigenvalue weighted by Gasteiger charge is -2.16. The van der Waals surface area contributed by atoms with Crippen LogP contribution >= 0.6 is 0 Å². The summed E-state index contributed by atoms with van der Waals surface area (Å²) >= 11 is 0. The molecule has 1 unspecified atom stereocenters. The average Bonchev–Trinajstić information content (AvgIpc) is 3.36. The Morgan fingerprint density at radius 3 is 2.64 bits per heavy atom. The van der Waals surface area contributed by atoms with Gasteiger partial charge in [-0.25, -0.2) is 0 Å². The fourth-order valence-corrected chi connectivity index (χ4v) is 3.53. The monoisotopic (exact) mass is 377 g/mol. The maximum absolute atomic E-state index is 12.5. The van der Waals surface area contributed by atoms with E-state index in [1.54, 1.807) is 7.11 Å². The Morgan fingerprint density at radius 1 is 1.14 bits per heavy atom. The molecular formula is C22H23N3O3. The molecule has 1 aliphatic rings. The minimum Gasteiger partial charge on any atom is -0.496 e. The molecule has 1 saturated heterocycles. The maximum Gasteiger partial charge on any atom is 0.232 e. The molecule has 1 aliphatic heterocycles. The van der Waals surface area contributed by atoms with Crippen LogP contribution in [0.2, 0.25) is 0 Å². The molecule has 28 heavy (non-hydrogen) atoms. The van der Waals surface area contributed by atoms with Crippen LogP contribution in [0.1, 0.15) is 36.3 Å². The summed E-state index contributed by atoms with van der Waals surface area (Å²) < 4.78 is 10.9. The minimum absolute atomic E-state index is 0.0848. The zero-order valence-corrected chi connectivity index (χ0v) is 16.1. The van der Waals surface area contributed by atoms with Crippen LogP contribution in [-0.4, -0.2) is 34.6 Å². The molecule has 0 radical (unpaired) electrons. The van der Waals surface area contributed by atoms with Gasteiger partial charge in [0.15, 0.2) is 0 Å². The van der Waals surface area contributed by atoms with Crippen molar-refractivity contribution in [3.8, 4) is 17.1 Å². The lowest BCUT2D eigenvalue weighted by Crippen LogP contribution is -2.24. The number of aryl methyl sites for hydroxylation is 1. The summed E-state index contributed by atoms with van der Waals surface area (Å²) in [5.74, 6) is 1.70. The standard InChI is InChI=1S/C22H23N3O3/c1-3-15-8-10-16(11-9-15)13-25-14-17(12-20(25)26)22-23-21(24-28-22)18-6-4-5-7-19(18)27-2/h4-11,17H,3,12-14H2,1-2H3. The number of hydrogen-bond acceptors (Lipinski definition) is 5. The Bertz CT molecular complexity index is 965. The van der Waals surface area contributed by atoms with Gasteiger partial charge in [0, 0.05) is 19.5 Å². The maximum atomic E-state index is 12.5. The highest BCUT2D eigenvalue weighted by Crippen LogP contribution is 2.32. The van der Waals surface area contributed by atoms with Crippen molar-refractivity contribution >= 4 is 5.91 Å². The van der Waals surface area contributed by atoms with Gasteiger partial charge in [0.05, 0.1) is 18.6 Å². The summed E-state index contributed by atoms with van der Waals surface area (Å²) in [7, 11) is 1.61. The van der Waals surface area contributed by atoms with Crippen molar-refractivity contribution < 1.29 is 14.1 Å². The zero-order valence-electron chi connectivity index (χ0n) is 16.1. The number of methoxy groups -OCH3 is 1. The number of rotatable bonds is 6. The quantitative estimate of drug-likeness (QED) is 0.653. The van der Waals surface area contributed by atoms with Gasteiger partial charge in [-0.1, -0.05) is 48.5 Å². The Balaban J connectivity index is 1.47. The number of hydrogen-bond donors (Lipinski definition) is 0. The van der Waals surface area contributed by atoms with Gasteiger partial charge < -0.3 is 14.2 Å². The van der Waals surface area contributed by atoms with Crippen LogP contribution in [0.4, 0.5) is 0 Å². The fraction of sp³-hybridized carbons (Fsp3) is 0.318. The first-order chi connectivity index (χ1) is 13.7. The van der Waals surface area contributed by atoms with Gasteiger partial charge in [-0.2, -0.15) is 4.98 Å². The molecule has 2 aromatic carbocycles. The predicted octanol–water partition coefficient (Wildman–Crippen LogP) is 3.82. The SMILES string of the molecule is CCc1ccc(CN2CC(c3nc(-c4ccccc4OC)no3)CC2=O)cc1. The van der Waals surface area contributed by atoms with E-state index in [4.69, 9.17) is 9.26 Å². The summed E-state index contributed by atoms with van der Waals surface area (Å²) in [4.78, 5) is 18.9. The van der Waals surface area contributed by atoms with Crippen molar-refractivity contribution in [2.24, 2.45) is 0 Å². The van der Waals surface area contributed by atoms with Crippen molar-refractivity contribution in [2.45, 2.75) is 32.2 Å². The second kappa shape index (κ2) is 7.84. The van der Waals surface area contributed by atoms with Crippen LogP contribution in [-0.2, 0) is 17.8 Å². The van der Waals surface area contributed by atoms with E-state index >= 15 is 0 Å². The van der Waals surface area contributed by atoms with Gasteiger partial charge in [-0.05, 0) is 29.7 Å². The van der Waals surface area contributed by atoms with E-state index in [1.807, 2.05) is 29.2 Å². The van der Waals surface area contributed by atoms with Crippen LogP contribution in [0.15, 0.2) is 53.1 Å². The molecule has 3 aromatic rings. The molecule has 0 aliphatic carbocycles. The minimum atomic E-state index is -0.0848. The number of para-hydroxylation sites is 1. The van der Waals surface area contributed by atoms with Gasteiger partial charge in [0.25, 0.3) is 0 Å². The molecule has 1 fully saturated rings. The topological polar surface area (TPSA) is 68.5 Å². The molecule has 144 valence electrons. The molecule has 0 saturated carbocycles. The van der Waals surface area contributed by atoms with Gasteiger partial charge in [-0.15, -0.1) is 0 Å². The molecule has 1 atom stereocenters. The molecule has 4 rings (SSSR count). The second-order valence-electron chi connectivity index (χ2n) is 7.00. The molecule has 0 spiro atoms. The highest BCUT2D eigenvalue weighted by Gasteiger charge is 2.34. The first-order valence-electron chi connectivity index (χ1n) is 9.50. The van der Waals surface area contributed by atoms with Crippen molar-refractivity contribution in [2.75, 3.05) is 13.7 Å². The average molecular weight is 377 g/mol. The largest absolute Gasteiger partial charge is 0.496 e. The van der Waals surface area contributed by atoms with Gasteiger partial charge in [0.2, 0.25) is 17.6 Å². The van der Waals surface area contributed by atoms with Gasteiger partial charge >= 0.3 is 0 Å². The van der Waals surface area contributed by atoms with Crippen molar-refractivity contribution in [1.82, 2.24) is 15.0 Å². The second-order valence-corrected chi connectivity index (χ2v) is 7.00. The van der Waals surface area contributed by atoms with Crippen molar-refractivity contribution in [1.29, 1.82) is 0 Å². The number of likely N-dealkylation sites (tertiary alicyclic amines) is 1. The third-order valence-electron chi connectivity index (χ3n) is 5.16. The number of amides is 1. The summed E-state index contributed by atoms with van der Waals surface area (Å²) in [5.41, 5.74) is 3.20. The van der Waals surface area contributed by atoms with E-state index < -0.39 is 0 Å². The summed E-state index contributed by atoms with van der Waals surface area (Å²) in [6.45, 7) is 3.32. The van der Waals surface area contributed by atoms with E-state index in [0.717, 1.165) is 17.5 Å². The van der Waals surface area contributed by atoms with Gasteiger partial charge in [0.1, 0.15) is 5.75 Å². The summed E-state index contributed by atoms with van der Waals surface area (Å²) in [6.07, 6.45) is 1.40. The van der Waals surface area contributed by atoms with E-state index in [2.05, 4.69) is 41.3 Å². The van der Waals surface area contributed by atoms with E-state index in [-0.39, 0.29) is 11.8 Å². The van der Waals surface area contributed by atoms with Crippen molar-refractivity contribution in [3.05, 3.63) is 65.5 Å². The first kappa shape index (κ1) is 18.2. The van der Waals surface area contributed by atoms with Crippen LogP contribution in [0.25, 0.3) is 11.4 Å². The van der Waals surface area contributed by atoms with Crippen LogP contribution < -0.4 is 4.74 Å². The number of carbonyl (C=O) groups excluding carboxylic acids is 1. The van der Waals surface area contributed by atoms with Crippen LogP contribution in [0, 0.1) is 0 Å². The predicted molar refractivity (Wildman–Crippen MR) is 105 cm³/mol. The number of aromatic nitrogens is 2. The zero-order chi connectivity index (χ0) is 19.5. The van der Waals surface area contributed by atoms with E-state index in [0.29, 0.717) is 37.0 Å². The summed E-state index contributed by atoms with van der Waals surface area (Å²) in [5, 5.41) is 4.10. The third kappa shape index (κ3) is 3.63. The highest BCUT2D eigenvalue weighted by atomic mass is 16.5. The molecule has 0 bridgehead atoms. The molecule has 6 heteroatoms. The number of carbonyl (C=O) groups is 1. The van der Waals surface area contributed by atoms with E-state index in [9.17, 15) is 4.79 Å². The molecule has 6 nitrogen and oxygen atoms in total. The Kier molecular flexibility index (Phi) is 5.10.